The summed E-state index contributed by atoms with van der Waals surface area (Å²) in [7, 11) is 0. The van der Waals surface area contributed by atoms with Gasteiger partial charge in [0.2, 0.25) is 0 Å². The maximum absolute atomic E-state index is 5.80. The lowest BCUT2D eigenvalue weighted by molar-refractivity contribution is 0.688. The van der Waals surface area contributed by atoms with Gasteiger partial charge in [-0.1, -0.05) is 17.7 Å². The molecule has 0 amide bonds. The van der Waals surface area contributed by atoms with Crippen LogP contribution in [-0.2, 0) is 0 Å². The number of amidine groups is 1. The number of halogens is 1. The average Bonchev–Trinajstić information content (AvgIpc) is 2.72. The molecule has 86 valence electrons. The van der Waals surface area contributed by atoms with Crippen LogP contribution in [0.3, 0.4) is 0 Å². The van der Waals surface area contributed by atoms with E-state index in [9.17, 15) is 0 Å². The maximum atomic E-state index is 5.80. The summed E-state index contributed by atoms with van der Waals surface area (Å²) >= 11 is 5.80. The quantitative estimate of drug-likeness (QED) is 0.784. The first-order valence-corrected chi connectivity index (χ1v) is 5.72. The highest BCUT2D eigenvalue weighted by atomic mass is 35.5. The fourth-order valence-corrected chi connectivity index (χ4v) is 2.05. The second-order valence-electron chi connectivity index (χ2n) is 4.03. The molecule has 17 heavy (non-hydrogen) atoms. The van der Waals surface area contributed by atoms with Crippen molar-refractivity contribution in [3.05, 3.63) is 53.0 Å². The first-order chi connectivity index (χ1) is 8.22. The largest absolute Gasteiger partial charge is 0.399 e. The van der Waals surface area contributed by atoms with E-state index in [0.717, 1.165) is 17.2 Å². The first kappa shape index (κ1) is 10.4. The Hall–Kier alpha value is -1.81. The Labute approximate surface area is 104 Å². The minimum atomic E-state index is 0.106. The molecular weight excluding hydrogens is 236 g/mol. The molecule has 2 heterocycles. The topological polar surface area (TPSA) is 63.3 Å². The number of aliphatic imine (C=N–C) groups is 1. The van der Waals surface area contributed by atoms with Crippen molar-refractivity contribution in [2.24, 2.45) is 10.7 Å². The number of fused-ring (bicyclic) bond motifs is 1. The van der Waals surface area contributed by atoms with Gasteiger partial charge in [-0.05, 0) is 24.3 Å². The molecule has 5 heteroatoms. The van der Waals surface area contributed by atoms with Crippen LogP contribution in [0, 0.1) is 0 Å². The summed E-state index contributed by atoms with van der Waals surface area (Å²) in [6.07, 6.45) is 7.46. The van der Waals surface area contributed by atoms with Gasteiger partial charge in [-0.2, -0.15) is 0 Å². The molecule has 0 fully saturated rings. The van der Waals surface area contributed by atoms with Crippen LogP contribution in [0.2, 0.25) is 5.02 Å². The van der Waals surface area contributed by atoms with Crippen LogP contribution in [0.15, 0.2) is 47.2 Å². The first-order valence-electron chi connectivity index (χ1n) is 5.34. The third-order valence-corrected chi connectivity index (χ3v) is 3.00. The van der Waals surface area contributed by atoms with Crippen LogP contribution in [0.4, 0.5) is 0 Å². The number of nitrogens with one attached hydrogen (secondary N) is 1. The van der Waals surface area contributed by atoms with E-state index in [1.54, 1.807) is 12.3 Å². The number of hydrogen-bond acceptors (Lipinski definition) is 4. The van der Waals surface area contributed by atoms with Crippen LogP contribution in [0.1, 0.15) is 5.69 Å². The van der Waals surface area contributed by atoms with Gasteiger partial charge < -0.3 is 11.1 Å². The third-order valence-electron chi connectivity index (χ3n) is 2.78. The molecule has 0 aromatic carbocycles. The van der Waals surface area contributed by atoms with Crippen LogP contribution in [-0.4, -0.2) is 22.9 Å². The fourth-order valence-electron chi connectivity index (χ4n) is 1.94. The summed E-state index contributed by atoms with van der Waals surface area (Å²) in [5.74, 6) is 0.785. The van der Waals surface area contributed by atoms with Crippen LogP contribution in [0.25, 0.3) is 0 Å². The Morgan fingerprint density at radius 2 is 2.24 bits per heavy atom. The van der Waals surface area contributed by atoms with Crippen LogP contribution >= 0.6 is 11.6 Å². The molecule has 0 radical (unpaired) electrons. The normalized spacial score (nSPS) is 25.9. The van der Waals surface area contributed by atoms with Gasteiger partial charge in [0, 0.05) is 11.9 Å². The molecule has 1 aromatic heterocycles. The highest BCUT2D eigenvalue weighted by Crippen LogP contribution is 2.18. The predicted octanol–water partition coefficient (Wildman–Crippen LogP) is 1.23. The Morgan fingerprint density at radius 1 is 1.35 bits per heavy atom. The molecule has 3 N–H and O–H groups in total. The highest BCUT2D eigenvalue weighted by molar-refractivity contribution is 6.30. The Bertz CT molecular complexity index is 530. The van der Waals surface area contributed by atoms with Gasteiger partial charge >= 0.3 is 0 Å². The number of hydrogen-bond donors (Lipinski definition) is 2. The van der Waals surface area contributed by atoms with E-state index < -0.39 is 0 Å². The Morgan fingerprint density at radius 3 is 3.00 bits per heavy atom. The van der Waals surface area contributed by atoms with Crippen molar-refractivity contribution in [2.75, 3.05) is 0 Å². The SMILES string of the molecule is NC1=CC2NC(c3ccc(Cl)cn3)=NC2C=C1. The number of rotatable bonds is 1. The molecule has 0 saturated heterocycles. The van der Waals surface area contributed by atoms with Crippen LogP contribution < -0.4 is 11.1 Å². The summed E-state index contributed by atoms with van der Waals surface area (Å²) in [6.45, 7) is 0. The molecule has 2 atom stereocenters. The van der Waals surface area contributed by atoms with E-state index in [1.165, 1.54) is 0 Å². The third kappa shape index (κ3) is 1.91. The minimum absolute atomic E-state index is 0.106. The molecule has 2 unspecified atom stereocenters. The Balaban J connectivity index is 1.88. The summed E-state index contributed by atoms with van der Waals surface area (Å²) in [5.41, 5.74) is 7.30. The zero-order valence-corrected chi connectivity index (χ0v) is 9.72. The Kier molecular flexibility index (Phi) is 2.37. The van der Waals surface area contributed by atoms with Crippen molar-refractivity contribution in [2.45, 2.75) is 12.1 Å². The van der Waals surface area contributed by atoms with Crippen molar-refractivity contribution in [1.29, 1.82) is 0 Å². The summed E-state index contributed by atoms with van der Waals surface area (Å²) in [6, 6.07) is 3.89. The summed E-state index contributed by atoms with van der Waals surface area (Å²) < 4.78 is 0. The van der Waals surface area contributed by atoms with E-state index in [1.807, 2.05) is 24.3 Å². The lowest BCUT2D eigenvalue weighted by Gasteiger charge is -2.15. The molecule has 2 aliphatic rings. The second-order valence-corrected chi connectivity index (χ2v) is 4.46. The fraction of sp³-hybridized carbons (Fsp3) is 0.167. The van der Waals surface area contributed by atoms with E-state index in [2.05, 4.69) is 15.3 Å². The van der Waals surface area contributed by atoms with Crippen molar-refractivity contribution in [3.63, 3.8) is 0 Å². The molecule has 1 aliphatic heterocycles. The molecular formula is C12H11ClN4. The predicted molar refractivity (Wildman–Crippen MR) is 67.9 cm³/mol. The van der Waals surface area contributed by atoms with Gasteiger partial charge in [-0.15, -0.1) is 0 Å². The summed E-state index contributed by atoms with van der Waals surface area (Å²) in [5, 5.41) is 3.92. The lowest BCUT2D eigenvalue weighted by atomic mass is 10.0. The van der Waals surface area contributed by atoms with Crippen molar-refractivity contribution in [1.82, 2.24) is 10.3 Å². The van der Waals surface area contributed by atoms with Crippen molar-refractivity contribution < 1.29 is 0 Å². The van der Waals surface area contributed by atoms with Gasteiger partial charge in [-0.25, -0.2) is 0 Å². The van der Waals surface area contributed by atoms with E-state index in [0.29, 0.717) is 5.02 Å². The second kappa shape index (κ2) is 3.89. The highest BCUT2D eigenvalue weighted by Gasteiger charge is 2.28. The van der Waals surface area contributed by atoms with E-state index >= 15 is 0 Å². The van der Waals surface area contributed by atoms with E-state index in [-0.39, 0.29) is 12.1 Å². The molecule has 0 spiro atoms. The molecule has 0 bridgehead atoms. The summed E-state index contributed by atoms with van der Waals surface area (Å²) in [4.78, 5) is 8.79. The number of nitrogens with two attached hydrogens (primary N) is 1. The molecule has 4 nitrogen and oxygen atoms in total. The number of nitrogens with zero attached hydrogens (tertiary/aromatic N) is 2. The monoisotopic (exact) mass is 246 g/mol. The molecule has 0 saturated carbocycles. The van der Waals surface area contributed by atoms with Crippen molar-refractivity contribution >= 4 is 17.4 Å². The van der Waals surface area contributed by atoms with E-state index in [4.69, 9.17) is 17.3 Å². The molecule has 3 rings (SSSR count). The zero-order chi connectivity index (χ0) is 11.8. The maximum Gasteiger partial charge on any atom is 0.148 e. The average molecular weight is 247 g/mol. The van der Waals surface area contributed by atoms with Crippen molar-refractivity contribution in [3.8, 4) is 0 Å². The van der Waals surface area contributed by atoms with Gasteiger partial charge in [0.15, 0.2) is 0 Å². The van der Waals surface area contributed by atoms with Gasteiger partial charge in [0.1, 0.15) is 11.5 Å². The minimum Gasteiger partial charge on any atom is -0.399 e. The standard InChI is InChI=1S/C12H11ClN4/c13-7-1-3-10(15-6-7)12-16-9-4-2-8(14)5-11(9)17-12/h1-6,9,11H,14H2,(H,16,17). The lowest BCUT2D eigenvalue weighted by Crippen LogP contribution is -2.34. The number of pyridine rings is 1. The van der Waals surface area contributed by atoms with Gasteiger partial charge in [0.05, 0.1) is 17.1 Å². The number of allylic oxidation sites excluding steroid dienone is 1. The molecule has 1 aliphatic carbocycles. The molecule has 1 aromatic rings. The van der Waals surface area contributed by atoms with Crippen LogP contribution in [0.5, 0.6) is 0 Å². The number of aromatic nitrogens is 1. The van der Waals surface area contributed by atoms with Gasteiger partial charge in [0.25, 0.3) is 0 Å². The smallest absolute Gasteiger partial charge is 0.148 e. The zero-order valence-electron chi connectivity index (χ0n) is 8.97. The van der Waals surface area contributed by atoms with Gasteiger partial charge in [-0.3, -0.25) is 9.98 Å².